The van der Waals surface area contributed by atoms with Crippen LogP contribution in [0.1, 0.15) is 18.5 Å². The van der Waals surface area contributed by atoms with Crippen molar-refractivity contribution < 1.29 is 0 Å². The third-order valence-electron chi connectivity index (χ3n) is 5.49. The summed E-state index contributed by atoms with van der Waals surface area (Å²) in [5.41, 5.74) is 4.42. The van der Waals surface area contributed by atoms with Crippen LogP contribution in [-0.4, -0.2) is 49.4 Å². The Labute approximate surface area is 198 Å². The molecule has 0 amide bonds. The van der Waals surface area contributed by atoms with Gasteiger partial charge in [-0.2, -0.15) is 15.0 Å². The van der Waals surface area contributed by atoms with E-state index in [0.29, 0.717) is 23.2 Å². The second-order valence-corrected chi connectivity index (χ2v) is 8.23. The molecule has 0 spiro atoms. The molecule has 1 aromatic carbocycles. The van der Waals surface area contributed by atoms with E-state index in [-0.39, 0.29) is 6.04 Å². The van der Waals surface area contributed by atoms with E-state index in [1.165, 1.54) is 12.7 Å². The van der Waals surface area contributed by atoms with Gasteiger partial charge in [0.15, 0.2) is 11.0 Å². The van der Waals surface area contributed by atoms with E-state index in [0.717, 1.165) is 27.8 Å². The molecule has 168 valence electrons. The molecule has 0 saturated heterocycles. The zero-order valence-corrected chi connectivity index (χ0v) is 18.7. The van der Waals surface area contributed by atoms with Crippen LogP contribution >= 0.6 is 11.6 Å². The van der Waals surface area contributed by atoms with Crippen molar-refractivity contribution in [1.29, 1.82) is 0 Å². The minimum atomic E-state index is -0.0182. The number of hydrogen-bond donors (Lipinski definition) is 1. The molecule has 5 heterocycles. The van der Waals surface area contributed by atoms with Gasteiger partial charge in [0, 0.05) is 23.6 Å². The van der Waals surface area contributed by atoms with Gasteiger partial charge in [-0.1, -0.05) is 23.7 Å². The van der Waals surface area contributed by atoms with Gasteiger partial charge in [0.2, 0.25) is 5.82 Å². The Bertz CT molecular complexity index is 1620. The quantitative estimate of drug-likeness (QED) is 0.391. The first-order valence-corrected chi connectivity index (χ1v) is 10.9. The van der Waals surface area contributed by atoms with Gasteiger partial charge in [-0.15, -0.1) is 10.2 Å². The van der Waals surface area contributed by atoms with Crippen molar-refractivity contribution in [2.45, 2.75) is 19.4 Å². The summed E-state index contributed by atoms with van der Waals surface area (Å²) in [5.74, 6) is 1.26. The highest BCUT2D eigenvalue weighted by Crippen LogP contribution is 2.24. The first kappa shape index (κ1) is 20.2. The first-order valence-electron chi connectivity index (χ1n) is 10.6. The van der Waals surface area contributed by atoms with Gasteiger partial charge in [0.25, 0.3) is 0 Å². The molecule has 0 fully saturated rings. The fourth-order valence-corrected chi connectivity index (χ4v) is 4.03. The second kappa shape index (κ2) is 8.19. The highest BCUT2D eigenvalue weighted by Gasteiger charge is 2.15. The molecule has 11 nitrogen and oxygen atoms in total. The minimum absolute atomic E-state index is 0.0182. The van der Waals surface area contributed by atoms with Crippen LogP contribution in [-0.2, 0) is 6.42 Å². The van der Waals surface area contributed by atoms with Crippen LogP contribution in [0.4, 0.5) is 11.5 Å². The molecular formula is C22H18ClN11. The Morgan fingerprint density at radius 2 is 1.88 bits per heavy atom. The Hall–Kier alpha value is -4.38. The number of benzene rings is 1. The second-order valence-electron chi connectivity index (χ2n) is 7.87. The van der Waals surface area contributed by atoms with Crippen molar-refractivity contribution in [3.8, 4) is 11.4 Å². The zero-order valence-electron chi connectivity index (χ0n) is 18.0. The van der Waals surface area contributed by atoms with E-state index in [1.54, 1.807) is 13.8 Å². The van der Waals surface area contributed by atoms with Gasteiger partial charge in [-0.3, -0.25) is 0 Å². The maximum atomic E-state index is 6.16. The number of nitrogens with zero attached hydrogens (tertiary/aromatic N) is 10. The lowest BCUT2D eigenvalue weighted by molar-refractivity contribution is 0.422. The monoisotopic (exact) mass is 471 g/mol. The van der Waals surface area contributed by atoms with Gasteiger partial charge >= 0.3 is 0 Å². The van der Waals surface area contributed by atoms with Crippen molar-refractivity contribution in [2.75, 3.05) is 5.32 Å². The van der Waals surface area contributed by atoms with Gasteiger partial charge in [0.05, 0.1) is 6.04 Å². The van der Waals surface area contributed by atoms with Crippen molar-refractivity contribution in [1.82, 2.24) is 49.4 Å². The van der Waals surface area contributed by atoms with E-state index >= 15 is 0 Å². The molecule has 5 aromatic heterocycles. The Morgan fingerprint density at radius 3 is 2.79 bits per heavy atom. The van der Waals surface area contributed by atoms with Gasteiger partial charge in [-0.25, -0.2) is 19.0 Å². The molecule has 6 rings (SSSR count). The van der Waals surface area contributed by atoms with Crippen LogP contribution in [0.15, 0.2) is 67.5 Å². The number of nitrogens with one attached hydrogen (secondary N) is 1. The fraction of sp³-hybridized carbons (Fsp3) is 0.136. The van der Waals surface area contributed by atoms with E-state index in [2.05, 4.69) is 40.9 Å². The van der Waals surface area contributed by atoms with Crippen LogP contribution in [0.3, 0.4) is 0 Å². The maximum Gasteiger partial charge on any atom is 0.205 e. The molecule has 1 N–H and O–H groups in total. The molecule has 6 aromatic rings. The summed E-state index contributed by atoms with van der Waals surface area (Å²) in [6.45, 7) is 2.04. The van der Waals surface area contributed by atoms with Gasteiger partial charge in [0.1, 0.15) is 23.7 Å². The summed E-state index contributed by atoms with van der Waals surface area (Å²) in [5, 5.41) is 25.3. The lowest BCUT2D eigenvalue weighted by Crippen LogP contribution is -2.11. The number of halogens is 1. The summed E-state index contributed by atoms with van der Waals surface area (Å²) in [7, 11) is 0. The number of hydrogen-bond acceptors (Lipinski definition) is 8. The number of aromatic nitrogens is 10. The first-order chi connectivity index (χ1) is 16.6. The Balaban J connectivity index is 1.21. The van der Waals surface area contributed by atoms with E-state index in [4.69, 9.17) is 11.6 Å². The number of rotatable bonds is 6. The molecule has 0 aliphatic rings. The molecule has 1 unspecified atom stereocenters. The highest BCUT2D eigenvalue weighted by atomic mass is 35.5. The lowest BCUT2D eigenvalue weighted by Gasteiger charge is -2.08. The average molecular weight is 472 g/mol. The van der Waals surface area contributed by atoms with Crippen molar-refractivity contribution >= 4 is 34.1 Å². The van der Waals surface area contributed by atoms with Crippen LogP contribution < -0.4 is 5.32 Å². The summed E-state index contributed by atoms with van der Waals surface area (Å²) in [6, 6.07) is 13.7. The Morgan fingerprint density at radius 1 is 1.00 bits per heavy atom. The number of tetrazole rings is 1. The van der Waals surface area contributed by atoms with E-state index < -0.39 is 0 Å². The van der Waals surface area contributed by atoms with E-state index in [9.17, 15) is 0 Å². The molecule has 0 aliphatic heterocycles. The molecule has 0 aliphatic carbocycles. The number of anilines is 2. The van der Waals surface area contributed by atoms with Crippen molar-refractivity contribution in [3.63, 3.8) is 0 Å². The molecule has 0 saturated carbocycles. The molecule has 0 bridgehead atoms. The molecular weight excluding hydrogens is 454 g/mol. The predicted octanol–water partition coefficient (Wildman–Crippen LogP) is 3.63. The van der Waals surface area contributed by atoms with Crippen LogP contribution in [0.5, 0.6) is 0 Å². The summed E-state index contributed by atoms with van der Waals surface area (Å²) in [4.78, 5) is 10.0. The van der Waals surface area contributed by atoms with Crippen LogP contribution in [0.2, 0.25) is 5.15 Å². The van der Waals surface area contributed by atoms with Crippen molar-refractivity contribution in [2.24, 2.45) is 0 Å². The topological polar surface area (TPSA) is 116 Å². The third-order valence-corrected chi connectivity index (χ3v) is 5.78. The molecule has 0 radical (unpaired) electrons. The number of fused-ring (bicyclic) bond motifs is 2. The minimum Gasteiger partial charge on any atom is -0.338 e. The normalized spacial score (nSPS) is 12.4. The van der Waals surface area contributed by atoms with Gasteiger partial charge in [-0.05, 0) is 54.5 Å². The highest BCUT2D eigenvalue weighted by molar-refractivity contribution is 6.32. The van der Waals surface area contributed by atoms with Crippen molar-refractivity contribution in [3.05, 3.63) is 78.2 Å². The largest absolute Gasteiger partial charge is 0.338 e. The summed E-state index contributed by atoms with van der Waals surface area (Å²) in [6.07, 6.45) is 7.45. The lowest BCUT2D eigenvalue weighted by atomic mass is 10.1. The molecule has 12 heteroatoms. The smallest absolute Gasteiger partial charge is 0.205 e. The summed E-state index contributed by atoms with van der Waals surface area (Å²) < 4.78 is 3.48. The molecule has 34 heavy (non-hydrogen) atoms. The third kappa shape index (κ3) is 3.71. The Kier molecular flexibility index (Phi) is 4.88. The van der Waals surface area contributed by atoms with E-state index in [1.807, 2.05) is 61.8 Å². The average Bonchev–Trinajstić information content (AvgIpc) is 3.59. The van der Waals surface area contributed by atoms with Crippen LogP contribution in [0, 0.1) is 0 Å². The van der Waals surface area contributed by atoms with Crippen LogP contribution in [0.25, 0.3) is 22.4 Å². The predicted molar refractivity (Wildman–Crippen MR) is 126 cm³/mol. The van der Waals surface area contributed by atoms with Gasteiger partial charge < -0.3 is 5.32 Å². The standard InChI is InChI=1S/C22H18ClN11/c1-14(8-15-9-19-20(23)24-12-27-33(19)11-15)34-30-21(29-31-34)16-4-2-5-17(10-16)28-22-18-6-3-7-32(18)26-13-25-22/h2-7,9-14H,8H2,1H3,(H,25,26,28). The molecule has 1 atom stereocenters. The summed E-state index contributed by atoms with van der Waals surface area (Å²) >= 11 is 6.16. The SMILES string of the molecule is CC(Cc1cc2c(Cl)ncnn2c1)n1nnc(-c2cccc(Nc3ncnn4cccc34)c2)n1. The fourth-order valence-electron chi connectivity index (χ4n) is 3.85. The maximum absolute atomic E-state index is 6.16. The zero-order chi connectivity index (χ0) is 23.1.